The Morgan fingerprint density at radius 2 is 1.80 bits per heavy atom. The van der Waals surface area contributed by atoms with Crippen LogP contribution in [-0.2, 0) is 4.79 Å². The SMILES string of the molecule is Cc1ccccc1C(C)NC(=O)NC1CCN(c2ccccc2)C1=O. The zero-order valence-corrected chi connectivity index (χ0v) is 14.5. The quantitative estimate of drug-likeness (QED) is 0.900. The van der Waals surface area contributed by atoms with Gasteiger partial charge in [0.15, 0.2) is 0 Å². The van der Waals surface area contributed by atoms with Gasteiger partial charge in [0.05, 0.1) is 6.04 Å². The summed E-state index contributed by atoms with van der Waals surface area (Å²) in [6.45, 7) is 4.57. The van der Waals surface area contributed by atoms with Crippen molar-refractivity contribution in [1.82, 2.24) is 10.6 Å². The Labute approximate surface area is 148 Å². The standard InChI is InChI=1S/C20H23N3O2/c1-14-8-6-7-11-17(14)15(2)21-20(25)22-18-12-13-23(19(18)24)16-9-4-3-5-10-16/h3-11,15,18H,12-13H2,1-2H3,(H2,21,22,25). The lowest BCUT2D eigenvalue weighted by atomic mass is 10.0. The summed E-state index contributed by atoms with van der Waals surface area (Å²) in [5.74, 6) is -0.0649. The smallest absolute Gasteiger partial charge is 0.315 e. The first-order valence-electron chi connectivity index (χ1n) is 8.55. The lowest BCUT2D eigenvalue weighted by molar-refractivity contribution is -0.118. The molecule has 0 spiro atoms. The zero-order chi connectivity index (χ0) is 17.8. The van der Waals surface area contributed by atoms with Gasteiger partial charge < -0.3 is 15.5 Å². The predicted molar refractivity (Wildman–Crippen MR) is 98.5 cm³/mol. The van der Waals surface area contributed by atoms with Crippen LogP contribution in [0.25, 0.3) is 0 Å². The number of benzene rings is 2. The number of rotatable bonds is 4. The van der Waals surface area contributed by atoms with Crippen LogP contribution in [0.2, 0.25) is 0 Å². The molecule has 1 aliphatic heterocycles. The van der Waals surface area contributed by atoms with Crippen LogP contribution in [0.1, 0.15) is 30.5 Å². The Morgan fingerprint density at radius 3 is 2.52 bits per heavy atom. The van der Waals surface area contributed by atoms with E-state index in [2.05, 4.69) is 10.6 Å². The number of amides is 3. The number of carbonyl (C=O) groups is 2. The Balaban J connectivity index is 1.59. The normalized spacial score (nSPS) is 18.1. The van der Waals surface area contributed by atoms with Crippen molar-refractivity contribution in [2.24, 2.45) is 0 Å². The second-order valence-electron chi connectivity index (χ2n) is 6.36. The van der Waals surface area contributed by atoms with E-state index in [1.54, 1.807) is 4.90 Å². The van der Waals surface area contributed by atoms with E-state index >= 15 is 0 Å². The van der Waals surface area contributed by atoms with Crippen molar-refractivity contribution in [3.05, 3.63) is 65.7 Å². The molecule has 1 aliphatic rings. The molecule has 5 heteroatoms. The van der Waals surface area contributed by atoms with Crippen molar-refractivity contribution in [1.29, 1.82) is 0 Å². The van der Waals surface area contributed by atoms with Gasteiger partial charge in [-0.25, -0.2) is 4.79 Å². The Morgan fingerprint density at radius 1 is 1.12 bits per heavy atom. The number of carbonyl (C=O) groups excluding carboxylic acids is 2. The number of urea groups is 1. The maximum atomic E-state index is 12.5. The highest BCUT2D eigenvalue weighted by atomic mass is 16.2. The number of nitrogens with zero attached hydrogens (tertiary/aromatic N) is 1. The fourth-order valence-electron chi connectivity index (χ4n) is 3.23. The maximum Gasteiger partial charge on any atom is 0.315 e. The van der Waals surface area contributed by atoms with E-state index < -0.39 is 6.04 Å². The predicted octanol–water partition coefficient (Wildman–Crippen LogP) is 3.16. The fraction of sp³-hybridized carbons (Fsp3) is 0.300. The van der Waals surface area contributed by atoms with Gasteiger partial charge in [-0.05, 0) is 43.5 Å². The van der Waals surface area contributed by atoms with Gasteiger partial charge in [-0.1, -0.05) is 42.5 Å². The molecule has 1 fully saturated rings. The summed E-state index contributed by atoms with van der Waals surface area (Å²) in [5.41, 5.74) is 3.06. The molecule has 0 bridgehead atoms. The van der Waals surface area contributed by atoms with Gasteiger partial charge in [0.1, 0.15) is 6.04 Å². The number of para-hydroxylation sites is 1. The van der Waals surface area contributed by atoms with Crippen LogP contribution in [0, 0.1) is 6.92 Å². The van der Waals surface area contributed by atoms with Crippen molar-refractivity contribution in [2.75, 3.05) is 11.4 Å². The van der Waals surface area contributed by atoms with E-state index in [1.165, 1.54) is 0 Å². The zero-order valence-electron chi connectivity index (χ0n) is 14.5. The van der Waals surface area contributed by atoms with E-state index in [1.807, 2.05) is 68.4 Å². The van der Waals surface area contributed by atoms with Crippen molar-refractivity contribution in [2.45, 2.75) is 32.4 Å². The molecule has 5 nitrogen and oxygen atoms in total. The molecule has 25 heavy (non-hydrogen) atoms. The van der Waals surface area contributed by atoms with Crippen LogP contribution >= 0.6 is 0 Å². The Hall–Kier alpha value is -2.82. The van der Waals surface area contributed by atoms with Crippen molar-refractivity contribution in [3.8, 4) is 0 Å². The molecule has 0 aromatic heterocycles. The molecule has 3 amide bonds. The highest BCUT2D eigenvalue weighted by Crippen LogP contribution is 2.21. The number of anilines is 1. The first kappa shape index (κ1) is 17.0. The summed E-state index contributed by atoms with van der Waals surface area (Å²) in [6, 6.07) is 16.6. The summed E-state index contributed by atoms with van der Waals surface area (Å²) in [4.78, 5) is 26.5. The van der Waals surface area contributed by atoms with Gasteiger partial charge in [-0.3, -0.25) is 4.79 Å². The molecule has 1 saturated heterocycles. The minimum absolute atomic E-state index is 0.0649. The van der Waals surface area contributed by atoms with Gasteiger partial charge in [-0.15, -0.1) is 0 Å². The van der Waals surface area contributed by atoms with Crippen LogP contribution in [-0.4, -0.2) is 24.5 Å². The van der Waals surface area contributed by atoms with Gasteiger partial charge >= 0.3 is 6.03 Å². The average Bonchev–Trinajstić information content (AvgIpc) is 2.96. The molecular formula is C20H23N3O2. The highest BCUT2D eigenvalue weighted by molar-refractivity contribution is 6.01. The molecule has 2 unspecified atom stereocenters. The van der Waals surface area contributed by atoms with E-state index in [4.69, 9.17) is 0 Å². The summed E-state index contributed by atoms with van der Waals surface area (Å²) in [5, 5.41) is 5.73. The van der Waals surface area contributed by atoms with E-state index in [9.17, 15) is 9.59 Å². The monoisotopic (exact) mass is 337 g/mol. The van der Waals surface area contributed by atoms with Gasteiger partial charge in [0.25, 0.3) is 0 Å². The van der Waals surface area contributed by atoms with Crippen molar-refractivity contribution >= 4 is 17.6 Å². The average molecular weight is 337 g/mol. The van der Waals surface area contributed by atoms with Crippen LogP contribution in [0.5, 0.6) is 0 Å². The van der Waals surface area contributed by atoms with E-state index in [-0.39, 0.29) is 18.0 Å². The maximum absolute atomic E-state index is 12.5. The van der Waals surface area contributed by atoms with Gasteiger partial charge in [-0.2, -0.15) is 0 Å². The van der Waals surface area contributed by atoms with Crippen LogP contribution in [0.4, 0.5) is 10.5 Å². The van der Waals surface area contributed by atoms with Crippen molar-refractivity contribution < 1.29 is 9.59 Å². The highest BCUT2D eigenvalue weighted by Gasteiger charge is 2.33. The summed E-state index contributed by atoms with van der Waals surface area (Å²) in [7, 11) is 0. The summed E-state index contributed by atoms with van der Waals surface area (Å²) < 4.78 is 0. The first-order chi connectivity index (χ1) is 12.1. The molecule has 0 saturated carbocycles. The number of nitrogens with one attached hydrogen (secondary N) is 2. The van der Waals surface area contributed by atoms with Crippen LogP contribution < -0.4 is 15.5 Å². The molecule has 1 heterocycles. The summed E-state index contributed by atoms with van der Waals surface area (Å²) >= 11 is 0. The molecule has 0 aliphatic carbocycles. The minimum Gasteiger partial charge on any atom is -0.332 e. The first-order valence-corrected chi connectivity index (χ1v) is 8.55. The number of hydrogen-bond acceptors (Lipinski definition) is 2. The number of aryl methyl sites for hydroxylation is 1. The largest absolute Gasteiger partial charge is 0.332 e. The lowest BCUT2D eigenvalue weighted by Gasteiger charge is -2.20. The Kier molecular flexibility index (Phi) is 5.03. The van der Waals surface area contributed by atoms with Gasteiger partial charge in [0.2, 0.25) is 5.91 Å². The third-order valence-corrected chi connectivity index (χ3v) is 4.58. The van der Waals surface area contributed by atoms with E-state index in [0.717, 1.165) is 16.8 Å². The fourth-order valence-corrected chi connectivity index (χ4v) is 3.23. The molecule has 2 aromatic rings. The molecule has 130 valence electrons. The molecule has 2 aromatic carbocycles. The summed E-state index contributed by atoms with van der Waals surface area (Å²) in [6.07, 6.45) is 0.611. The van der Waals surface area contributed by atoms with Gasteiger partial charge in [0, 0.05) is 12.2 Å². The third kappa shape index (κ3) is 3.82. The second kappa shape index (κ2) is 7.38. The minimum atomic E-state index is -0.482. The number of hydrogen-bond donors (Lipinski definition) is 2. The van der Waals surface area contributed by atoms with Crippen molar-refractivity contribution in [3.63, 3.8) is 0 Å². The lowest BCUT2D eigenvalue weighted by Crippen LogP contribution is -2.46. The molecular weight excluding hydrogens is 314 g/mol. The second-order valence-corrected chi connectivity index (χ2v) is 6.36. The third-order valence-electron chi connectivity index (χ3n) is 4.58. The Bertz CT molecular complexity index is 761. The topological polar surface area (TPSA) is 61.4 Å². The van der Waals surface area contributed by atoms with Crippen LogP contribution in [0.15, 0.2) is 54.6 Å². The molecule has 3 rings (SSSR count). The molecule has 2 atom stereocenters. The van der Waals surface area contributed by atoms with E-state index in [0.29, 0.717) is 13.0 Å². The van der Waals surface area contributed by atoms with Crippen LogP contribution in [0.3, 0.4) is 0 Å². The molecule has 0 radical (unpaired) electrons. The molecule has 2 N–H and O–H groups in total.